The largest absolute Gasteiger partial charge is 0.316 e. The van der Waals surface area contributed by atoms with Crippen molar-refractivity contribution in [2.24, 2.45) is 11.8 Å². The van der Waals surface area contributed by atoms with E-state index in [0.717, 1.165) is 17.9 Å². The van der Waals surface area contributed by atoms with E-state index in [1.54, 1.807) is 0 Å². The molecule has 1 fully saturated rings. The molecule has 0 radical (unpaired) electrons. The molecule has 0 aliphatic carbocycles. The molecule has 1 N–H and O–H groups in total. The van der Waals surface area contributed by atoms with Crippen molar-refractivity contribution in [3.8, 4) is 0 Å². The zero-order valence-electron chi connectivity index (χ0n) is 10.6. The lowest BCUT2D eigenvalue weighted by Crippen LogP contribution is -2.38. The second-order valence-corrected chi connectivity index (χ2v) is 5.76. The summed E-state index contributed by atoms with van der Waals surface area (Å²) in [5, 5.41) is 3.48. The summed E-state index contributed by atoms with van der Waals surface area (Å²) < 4.78 is 0. The first-order chi connectivity index (χ1) is 7.19. The Hall–Kier alpha value is 0.270. The van der Waals surface area contributed by atoms with E-state index in [9.17, 15) is 0 Å². The van der Waals surface area contributed by atoms with Crippen LogP contribution in [-0.2, 0) is 0 Å². The quantitative estimate of drug-likeness (QED) is 0.750. The average Bonchev–Trinajstić information content (AvgIpc) is 2.60. The molecule has 0 bridgehead atoms. The molecule has 1 unspecified atom stereocenters. The number of thioether (sulfide) groups is 1. The number of nitrogens with zero attached hydrogens (tertiary/aromatic N) is 1. The summed E-state index contributed by atoms with van der Waals surface area (Å²) in [4.78, 5) is 2.56. The number of rotatable bonds is 6. The van der Waals surface area contributed by atoms with E-state index in [1.807, 2.05) is 11.8 Å². The molecule has 3 heteroatoms. The molecule has 1 rings (SSSR count). The zero-order chi connectivity index (χ0) is 11.3. The Morgan fingerprint density at radius 3 is 2.67 bits per heavy atom. The Balaban J connectivity index is 2.35. The van der Waals surface area contributed by atoms with Crippen molar-refractivity contribution in [1.82, 2.24) is 10.2 Å². The highest BCUT2D eigenvalue weighted by atomic mass is 32.2. The van der Waals surface area contributed by atoms with E-state index >= 15 is 0 Å². The summed E-state index contributed by atoms with van der Waals surface area (Å²) >= 11 is 1.96. The molecule has 1 saturated heterocycles. The minimum atomic E-state index is 0.757. The molecule has 1 aliphatic heterocycles. The second kappa shape index (κ2) is 6.77. The van der Waals surface area contributed by atoms with Gasteiger partial charge in [-0.2, -0.15) is 11.8 Å². The van der Waals surface area contributed by atoms with Crippen LogP contribution in [0, 0.1) is 11.8 Å². The third-order valence-electron chi connectivity index (χ3n) is 3.65. The lowest BCUT2D eigenvalue weighted by molar-refractivity contribution is 0.206. The highest BCUT2D eigenvalue weighted by Crippen LogP contribution is 2.19. The van der Waals surface area contributed by atoms with Crippen molar-refractivity contribution in [3.05, 3.63) is 0 Å². The van der Waals surface area contributed by atoms with E-state index in [-0.39, 0.29) is 0 Å². The maximum Gasteiger partial charge on any atom is 0.0180 e. The number of hydrogen-bond donors (Lipinski definition) is 1. The van der Waals surface area contributed by atoms with E-state index in [1.165, 1.54) is 31.8 Å². The minimum absolute atomic E-state index is 0.757. The highest BCUT2D eigenvalue weighted by Gasteiger charge is 2.25. The van der Waals surface area contributed by atoms with Crippen LogP contribution in [0.25, 0.3) is 0 Å². The van der Waals surface area contributed by atoms with Crippen molar-refractivity contribution >= 4 is 11.8 Å². The first-order valence-corrected chi connectivity index (χ1v) is 7.48. The molecule has 0 aromatic heterocycles. The summed E-state index contributed by atoms with van der Waals surface area (Å²) in [7, 11) is 2.29. The lowest BCUT2D eigenvalue weighted by Gasteiger charge is -2.30. The zero-order valence-corrected chi connectivity index (χ0v) is 11.4. The molecule has 0 saturated carbocycles. The van der Waals surface area contributed by atoms with Crippen LogP contribution in [0.5, 0.6) is 0 Å². The second-order valence-electron chi connectivity index (χ2n) is 4.85. The standard InChI is InChI=1S/C12H26N2S/c1-5-12(9-15-4)14(3)8-11-7-13-6-10(11)2/h10-13H,5-9H2,1-4H3/t10-,11+,12?/m1/s1. The summed E-state index contributed by atoms with van der Waals surface area (Å²) in [6.45, 7) is 8.34. The first kappa shape index (κ1) is 13.3. The summed E-state index contributed by atoms with van der Waals surface area (Å²) in [6.07, 6.45) is 3.47. The van der Waals surface area contributed by atoms with Gasteiger partial charge in [-0.15, -0.1) is 0 Å². The van der Waals surface area contributed by atoms with Gasteiger partial charge in [0.05, 0.1) is 0 Å². The monoisotopic (exact) mass is 230 g/mol. The van der Waals surface area contributed by atoms with Crippen LogP contribution >= 0.6 is 11.8 Å². The van der Waals surface area contributed by atoms with Gasteiger partial charge in [0.15, 0.2) is 0 Å². The highest BCUT2D eigenvalue weighted by molar-refractivity contribution is 7.98. The normalized spacial score (nSPS) is 28.6. The van der Waals surface area contributed by atoms with Crippen LogP contribution in [0.15, 0.2) is 0 Å². The SMILES string of the molecule is CCC(CSC)N(C)C[C@@H]1CNC[C@H]1C. The van der Waals surface area contributed by atoms with Gasteiger partial charge >= 0.3 is 0 Å². The number of nitrogens with one attached hydrogen (secondary N) is 1. The molecule has 2 nitrogen and oxygen atoms in total. The molecule has 0 spiro atoms. The van der Waals surface area contributed by atoms with E-state index < -0.39 is 0 Å². The topological polar surface area (TPSA) is 15.3 Å². The Morgan fingerprint density at radius 1 is 1.47 bits per heavy atom. The molecule has 0 aromatic rings. The summed E-state index contributed by atoms with van der Waals surface area (Å²) in [5.41, 5.74) is 0. The lowest BCUT2D eigenvalue weighted by atomic mass is 9.97. The average molecular weight is 230 g/mol. The van der Waals surface area contributed by atoms with Crippen molar-refractivity contribution in [1.29, 1.82) is 0 Å². The third kappa shape index (κ3) is 3.97. The van der Waals surface area contributed by atoms with Crippen LogP contribution in [0.1, 0.15) is 20.3 Å². The Labute approximate surface area is 99.2 Å². The molecule has 0 amide bonds. The van der Waals surface area contributed by atoms with Crippen LogP contribution in [0.4, 0.5) is 0 Å². The van der Waals surface area contributed by atoms with E-state index in [4.69, 9.17) is 0 Å². The Morgan fingerprint density at radius 2 is 2.20 bits per heavy atom. The maximum absolute atomic E-state index is 3.48. The van der Waals surface area contributed by atoms with Gasteiger partial charge in [0.25, 0.3) is 0 Å². The molecule has 90 valence electrons. The predicted octanol–water partition coefficient (Wildman–Crippen LogP) is 1.92. The third-order valence-corrected chi connectivity index (χ3v) is 4.37. The fraction of sp³-hybridized carbons (Fsp3) is 1.00. The Kier molecular flexibility index (Phi) is 6.02. The van der Waals surface area contributed by atoms with Gasteiger partial charge in [0, 0.05) is 18.3 Å². The summed E-state index contributed by atoms with van der Waals surface area (Å²) in [5.74, 6) is 2.96. The minimum Gasteiger partial charge on any atom is -0.316 e. The van der Waals surface area contributed by atoms with Gasteiger partial charge in [0.1, 0.15) is 0 Å². The summed E-state index contributed by atoms with van der Waals surface area (Å²) in [6, 6.07) is 0.757. The number of hydrogen-bond acceptors (Lipinski definition) is 3. The fourth-order valence-corrected chi connectivity index (χ4v) is 3.25. The van der Waals surface area contributed by atoms with E-state index in [2.05, 4.69) is 37.4 Å². The van der Waals surface area contributed by atoms with Crippen molar-refractivity contribution < 1.29 is 0 Å². The van der Waals surface area contributed by atoms with Crippen LogP contribution in [-0.4, -0.2) is 49.6 Å². The van der Waals surface area contributed by atoms with Gasteiger partial charge < -0.3 is 10.2 Å². The smallest absolute Gasteiger partial charge is 0.0180 e. The first-order valence-electron chi connectivity index (χ1n) is 6.08. The fourth-order valence-electron chi connectivity index (χ4n) is 2.38. The molecular weight excluding hydrogens is 204 g/mol. The predicted molar refractivity (Wildman–Crippen MR) is 70.6 cm³/mol. The van der Waals surface area contributed by atoms with Gasteiger partial charge in [-0.25, -0.2) is 0 Å². The van der Waals surface area contributed by atoms with Crippen molar-refractivity contribution in [2.45, 2.75) is 26.3 Å². The molecule has 1 aliphatic rings. The van der Waals surface area contributed by atoms with Gasteiger partial charge in [-0.3, -0.25) is 0 Å². The molecule has 1 heterocycles. The molecule has 15 heavy (non-hydrogen) atoms. The van der Waals surface area contributed by atoms with Gasteiger partial charge in [-0.1, -0.05) is 13.8 Å². The maximum atomic E-state index is 3.48. The Bertz CT molecular complexity index is 175. The molecule has 3 atom stereocenters. The molecular formula is C12H26N2S. The van der Waals surface area contributed by atoms with Crippen molar-refractivity contribution in [3.63, 3.8) is 0 Å². The van der Waals surface area contributed by atoms with Crippen LogP contribution in [0.2, 0.25) is 0 Å². The van der Waals surface area contributed by atoms with Gasteiger partial charge in [0.2, 0.25) is 0 Å². The molecule has 0 aromatic carbocycles. The van der Waals surface area contributed by atoms with E-state index in [0.29, 0.717) is 0 Å². The van der Waals surface area contributed by atoms with Gasteiger partial charge in [-0.05, 0) is 44.6 Å². The van der Waals surface area contributed by atoms with Crippen LogP contribution in [0.3, 0.4) is 0 Å². The van der Waals surface area contributed by atoms with Crippen LogP contribution < -0.4 is 5.32 Å². The van der Waals surface area contributed by atoms with Crippen molar-refractivity contribution in [2.75, 3.05) is 38.7 Å².